The highest BCUT2D eigenvalue weighted by Gasteiger charge is 2.23. The zero-order chi connectivity index (χ0) is 22.5. The highest BCUT2D eigenvalue weighted by molar-refractivity contribution is 7.99. The lowest BCUT2D eigenvalue weighted by Gasteiger charge is -2.21. The first-order valence-corrected chi connectivity index (χ1v) is 11.3. The van der Waals surface area contributed by atoms with E-state index in [0.29, 0.717) is 22.7 Å². The van der Waals surface area contributed by atoms with Gasteiger partial charge in [-0.15, -0.1) is 10.2 Å². The van der Waals surface area contributed by atoms with Crippen molar-refractivity contribution in [3.63, 3.8) is 0 Å². The molecule has 166 valence electrons. The molecule has 1 N–H and O–H groups in total. The molecule has 0 fully saturated rings. The standard InChI is InChI=1S/C22H29N5O3S/c1-13(2)17-9-7-8-10-18(17)29-16(6)21-24-25-22(27(21)14(3)4)31-12-20(28)23-19-11-15(5)30-26-19/h7-11,13-14,16H,12H2,1-6H3,(H,23,26,28). The van der Waals surface area contributed by atoms with Crippen molar-refractivity contribution >= 4 is 23.5 Å². The Morgan fingerprint density at radius 3 is 2.58 bits per heavy atom. The van der Waals surface area contributed by atoms with Gasteiger partial charge in [-0.1, -0.05) is 49.0 Å². The Morgan fingerprint density at radius 2 is 1.94 bits per heavy atom. The third kappa shape index (κ3) is 5.66. The number of aromatic nitrogens is 4. The van der Waals surface area contributed by atoms with E-state index in [0.717, 1.165) is 17.1 Å². The molecule has 3 aromatic rings. The van der Waals surface area contributed by atoms with Crippen LogP contribution in [0.15, 0.2) is 40.0 Å². The fourth-order valence-corrected chi connectivity index (χ4v) is 4.07. The van der Waals surface area contributed by atoms with Crippen molar-refractivity contribution in [2.45, 2.75) is 64.8 Å². The number of benzene rings is 1. The molecule has 1 aromatic carbocycles. The molecule has 0 saturated heterocycles. The third-order valence-corrected chi connectivity index (χ3v) is 5.59. The molecule has 0 bridgehead atoms. The smallest absolute Gasteiger partial charge is 0.236 e. The van der Waals surface area contributed by atoms with Crippen LogP contribution in [-0.4, -0.2) is 31.6 Å². The number of hydrogen-bond acceptors (Lipinski definition) is 7. The summed E-state index contributed by atoms with van der Waals surface area (Å²) in [5.74, 6) is 2.96. The predicted octanol–water partition coefficient (Wildman–Crippen LogP) is 5.15. The second-order valence-corrected chi connectivity index (χ2v) is 8.86. The predicted molar refractivity (Wildman–Crippen MR) is 121 cm³/mol. The van der Waals surface area contributed by atoms with Gasteiger partial charge in [-0.05, 0) is 45.2 Å². The van der Waals surface area contributed by atoms with Crippen molar-refractivity contribution in [1.82, 2.24) is 19.9 Å². The lowest BCUT2D eigenvalue weighted by Crippen LogP contribution is -2.17. The second-order valence-electron chi connectivity index (χ2n) is 7.92. The Balaban J connectivity index is 1.72. The minimum atomic E-state index is -0.295. The number of hydrogen-bond donors (Lipinski definition) is 1. The summed E-state index contributed by atoms with van der Waals surface area (Å²) in [7, 11) is 0. The van der Waals surface area contributed by atoms with E-state index in [4.69, 9.17) is 9.26 Å². The van der Waals surface area contributed by atoms with Crippen LogP contribution in [0.3, 0.4) is 0 Å². The molecule has 0 radical (unpaired) electrons. The molecule has 0 aliphatic carbocycles. The highest BCUT2D eigenvalue weighted by Crippen LogP contribution is 2.31. The number of anilines is 1. The third-order valence-electron chi connectivity index (χ3n) is 4.64. The van der Waals surface area contributed by atoms with Gasteiger partial charge in [0.15, 0.2) is 22.9 Å². The van der Waals surface area contributed by atoms with Crippen LogP contribution in [0.4, 0.5) is 5.82 Å². The zero-order valence-corrected chi connectivity index (χ0v) is 19.6. The van der Waals surface area contributed by atoms with Gasteiger partial charge in [0, 0.05) is 12.1 Å². The van der Waals surface area contributed by atoms with E-state index in [-0.39, 0.29) is 23.8 Å². The summed E-state index contributed by atoms with van der Waals surface area (Å²) in [6.07, 6.45) is -0.295. The molecule has 1 amide bonds. The van der Waals surface area contributed by atoms with Crippen molar-refractivity contribution in [1.29, 1.82) is 0 Å². The van der Waals surface area contributed by atoms with Crippen molar-refractivity contribution in [2.24, 2.45) is 0 Å². The number of para-hydroxylation sites is 1. The Morgan fingerprint density at radius 1 is 1.19 bits per heavy atom. The minimum absolute atomic E-state index is 0.111. The van der Waals surface area contributed by atoms with Gasteiger partial charge >= 0.3 is 0 Å². The number of rotatable bonds is 9. The van der Waals surface area contributed by atoms with E-state index >= 15 is 0 Å². The highest BCUT2D eigenvalue weighted by atomic mass is 32.2. The fraction of sp³-hybridized carbons (Fsp3) is 0.455. The van der Waals surface area contributed by atoms with Crippen LogP contribution in [0.25, 0.3) is 0 Å². The molecule has 9 heteroatoms. The van der Waals surface area contributed by atoms with Crippen LogP contribution >= 0.6 is 11.8 Å². The maximum absolute atomic E-state index is 12.3. The monoisotopic (exact) mass is 443 g/mol. The van der Waals surface area contributed by atoms with Crippen LogP contribution in [0.1, 0.15) is 69.8 Å². The van der Waals surface area contributed by atoms with E-state index in [1.807, 2.05) is 29.7 Å². The SMILES string of the molecule is Cc1cc(NC(=O)CSc2nnc(C(C)Oc3ccccc3C(C)C)n2C(C)C)no1. The largest absolute Gasteiger partial charge is 0.482 e. The van der Waals surface area contributed by atoms with E-state index in [2.05, 4.69) is 54.4 Å². The first-order chi connectivity index (χ1) is 14.8. The summed E-state index contributed by atoms with van der Waals surface area (Å²) in [5.41, 5.74) is 1.15. The average Bonchev–Trinajstić information content (AvgIpc) is 3.32. The molecular formula is C22H29N5O3S. The zero-order valence-electron chi connectivity index (χ0n) is 18.7. The number of thioether (sulfide) groups is 1. The van der Waals surface area contributed by atoms with Crippen LogP contribution < -0.4 is 10.1 Å². The van der Waals surface area contributed by atoms with E-state index in [1.165, 1.54) is 11.8 Å². The van der Waals surface area contributed by atoms with Gasteiger partial charge in [0.2, 0.25) is 5.91 Å². The first kappa shape index (κ1) is 22.9. The second kappa shape index (κ2) is 10.00. The van der Waals surface area contributed by atoms with Gasteiger partial charge < -0.3 is 19.1 Å². The average molecular weight is 444 g/mol. The van der Waals surface area contributed by atoms with Crippen molar-refractivity contribution in [3.8, 4) is 5.75 Å². The maximum atomic E-state index is 12.3. The number of aryl methyl sites for hydroxylation is 1. The molecule has 2 aromatic heterocycles. The molecule has 3 rings (SSSR count). The first-order valence-electron chi connectivity index (χ1n) is 10.3. The molecular weight excluding hydrogens is 414 g/mol. The van der Waals surface area contributed by atoms with Crippen LogP contribution in [-0.2, 0) is 4.79 Å². The van der Waals surface area contributed by atoms with Crippen LogP contribution in [0.2, 0.25) is 0 Å². The van der Waals surface area contributed by atoms with Crippen molar-refractivity contribution in [2.75, 3.05) is 11.1 Å². The number of ether oxygens (including phenoxy) is 1. The van der Waals surface area contributed by atoms with E-state index < -0.39 is 0 Å². The summed E-state index contributed by atoms with van der Waals surface area (Å²) in [6, 6.07) is 9.83. The Labute approximate surface area is 186 Å². The molecule has 1 atom stereocenters. The molecule has 1 unspecified atom stereocenters. The van der Waals surface area contributed by atoms with Gasteiger partial charge in [-0.25, -0.2) is 0 Å². The summed E-state index contributed by atoms with van der Waals surface area (Å²) in [5, 5.41) is 15.9. The lowest BCUT2D eigenvalue weighted by molar-refractivity contribution is -0.113. The van der Waals surface area contributed by atoms with Crippen LogP contribution in [0, 0.1) is 6.92 Å². The van der Waals surface area contributed by atoms with Crippen molar-refractivity contribution in [3.05, 3.63) is 47.5 Å². The molecule has 0 saturated carbocycles. The Bertz CT molecular complexity index is 1030. The van der Waals surface area contributed by atoms with Gasteiger partial charge in [-0.2, -0.15) is 0 Å². The Kier molecular flexibility index (Phi) is 7.37. The summed E-state index contributed by atoms with van der Waals surface area (Å²) in [4.78, 5) is 12.3. The topological polar surface area (TPSA) is 95.1 Å². The van der Waals surface area contributed by atoms with Crippen LogP contribution in [0.5, 0.6) is 5.75 Å². The van der Waals surface area contributed by atoms with Crippen molar-refractivity contribution < 1.29 is 14.1 Å². The molecule has 0 aliphatic heterocycles. The summed E-state index contributed by atoms with van der Waals surface area (Å²) < 4.78 is 13.3. The normalized spacial score (nSPS) is 12.4. The summed E-state index contributed by atoms with van der Waals surface area (Å²) >= 11 is 1.33. The molecule has 8 nitrogen and oxygen atoms in total. The van der Waals surface area contributed by atoms with Gasteiger partial charge in [0.05, 0.1) is 5.75 Å². The quantitative estimate of drug-likeness (QED) is 0.457. The van der Waals surface area contributed by atoms with E-state index in [9.17, 15) is 4.79 Å². The summed E-state index contributed by atoms with van der Waals surface area (Å²) in [6.45, 7) is 12.1. The molecule has 0 spiro atoms. The van der Waals surface area contributed by atoms with Gasteiger partial charge in [-0.3, -0.25) is 4.79 Å². The number of nitrogens with one attached hydrogen (secondary N) is 1. The molecule has 2 heterocycles. The van der Waals surface area contributed by atoms with E-state index in [1.54, 1.807) is 13.0 Å². The molecule has 0 aliphatic rings. The van der Waals surface area contributed by atoms with Gasteiger partial charge in [0.25, 0.3) is 0 Å². The minimum Gasteiger partial charge on any atom is -0.482 e. The lowest BCUT2D eigenvalue weighted by atomic mass is 10.0. The fourth-order valence-electron chi connectivity index (χ4n) is 3.19. The number of carbonyl (C=O) groups is 1. The Hall–Kier alpha value is -2.81. The maximum Gasteiger partial charge on any atom is 0.236 e. The molecule has 31 heavy (non-hydrogen) atoms. The number of amides is 1. The number of carbonyl (C=O) groups excluding carboxylic acids is 1. The number of nitrogens with zero attached hydrogens (tertiary/aromatic N) is 4. The van der Waals surface area contributed by atoms with Gasteiger partial charge in [0.1, 0.15) is 11.5 Å².